The summed E-state index contributed by atoms with van der Waals surface area (Å²) in [7, 11) is 4.92. The fourth-order valence-corrected chi connectivity index (χ4v) is 3.74. The number of fused-ring (bicyclic) bond motifs is 1. The second-order valence-corrected chi connectivity index (χ2v) is 7.37. The van der Waals surface area contributed by atoms with Gasteiger partial charge < -0.3 is 34.3 Å². The van der Waals surface area contributed by atoms with Crippen LogP contribution in [0.3, 0.4) is 0 Å². The normalized spacial score (nSPS) is 13.0. The molecule has 0 unspecified atom stereocenters. The van der Waals surface area contributed by atoms with Crippen LogP contribution in [0.15, 0.2) is 35.3 Å². The molecule has 182 valence electrons. The molecule has 0 saturated carbocycles. The number of nitrogens with zero attached hydrogens (tertiary/aromatic N) is 2. The maximum absolute atomic E-state index is 8.97. The van der Waals surface area contributed by atoms with Crippen LogP contribution in [-0.2, 0) is 19.5 Å². The van der Waals surface area contributed by atoms with Crippen molar-refractivity contribution >= 4 is 29.9 Å². The van der Waals surface area contributed by atoms with E-state index in [9.17, 15) is 0 Å². The van der Waals surface area contributed by atoms with E-state index in [0.717, 1.165) is 49.1 Å². The number of aliphatic hydroxyl groups is 1. The Hall–Kier alpha value is -2.40. The lowest BCUT2D eigenvalue weighted by molar-refractivity contribution is 0.196. The quantitative estimate of drug-likeness (QED) is 0.272. The number of halogens is 1. The van der Waals surface area contributed by atoms with Crippen molar-refractivity contribution in [1.82, 2.24) is 10.2 Å². The van der Waals surface area contributed by atoms with E-state index >= 15 is 0 Å². The number of methoxy groups -OCH3 is 3. The highest BCUT2D eigenvalue weighted by molar-refractivity contribution is 14.0. The number of guanidine groups is 1. The number of rotatable bonds is 9. The molecule has 0 saturated heterocycles. The standard InChI is InChI=1S/C24H33N3O5.HI/c1-5-25-24(26-15-17-6-7-20(32-11-10-28)21(12-17)29-2)27-9-8-18-13-22(30-3)23(31-4)14-19(18)16-27;/h6-7,12-14,28H,5,8-11,15-16H2,1-4H3,(H,25,26);1H. The van der Waals surface area contributed by atoms with E-state index in [1.165, 1.54) is 11.1 Å². The first-order chi connectivity index (χ1) is 15.6. The highest BCUT2D eigenvalue weighted by Crippen LogP contribution is 2.33. The summed E-state index contributed by atoms with van der Waals surface area (Å²) in [5, 5.41) is 12.4. The van der Waals surface area contributed by atoms with Crippen molar-refractivity contribution in [2.24, 2.45) is 4.99 Å². The third kappa shape index (κ3) is 6.80. The predicted octanol–water partition coefficient (Wildman–Crippen LogP) is 3.23. The lowest BCUT2D eigenvalue weighted by Gasteiger charge is -2.32. The first-order valence-electron chi connectivity index (χ1n) is 10.8. The van der Waals surface area contributed by atoms with E-state index in [-0.39, 0.29) is 37.2 Å². The molecule has 8 nitrogen and oxygen atoms in total. The Balaban J connectivity index is 0.00000385. The molecule has 0 aliphatic carbocycles. The molecule has 0 fully saturated rings. The van der Waals surface area contributed by atoms with Crippen molar-refractivity contribution in [2.45, 2.75) is 26.4 Å². The number of hydrogen-bond donors (Lipinski definition) is 2. The summed E-state index contributed by atoms with van der Waals surface area (Å²) in [5.41, 5.74) is 3.50. The van der Waals surface area contributed by atoms with E-state index < -0.39 is 0 Å². The molecule has 0 spiro atoms. The van der Waals surface area contributed by atoms with Gasteiger partial charge in [0.15, 0.2) is 29.0 Å². The van der Waals surface area contributed by atoms with Gasteiger partial charge in [0.05, 0.1) is 34.5 Å². The SMILES string of the molecule is CCNC(=NCc1ccc(OCCO)c(OC)c1)N1CCc2cc(OC)c(OC)cc2C1.I. The smallest absolute Gasteiger partial charge is 0.194 e. The van der Waals surface area contributed by atoms with Crippen LogP contribution in [0.5, 0.6) is 23.0 Å². The molecule has 1 aliphatic heterocycles. The van der Waals surface area contributed by atoms with E-state index in [4.69, 9.17) is 29.0 Å². The molecule has 3 rings (SSSR count). The Bertz CT molecular complexity index is 939. The minimum absolute atomic E-state index is 0. The Morgan fingerprint density at radius 1 is 1.00 bits per heavy atom. The van der Waals surface area contributed by atoms with Gasteiger partial charge in [-0.3, -0.25) is 0 Å². The van der Waals surface area contributed by atoms with Gasteiger partial charge in [-0.2, -0.15) is 0 Å². The molecule has 0 bridgehead atoms. The van der Waals surface area contributed by atoms with Crippen molar-refractivity contribution in [3.63, 3.8) is 0 Å². The number of aliphatic imine (C=N–C) groups is 1. The van der Waals surface area contributed by atoms with Gasteiger partial charge in [-0.15, -0.1) is 24.0 Å². The Kier molecular flexibility index (Phi) is 10.9. The lowest BCUT2D eigenvalue weighted by Crippen LogP contribution is -2.44. The largest absolute Gasteiger partial charge is 0.493 e. The molecule has 0 aromatic heterocycles. The minimum Gasteiger partial charge on any atom is -0.493 e. The highest BCUT2D eigenvalue weighted by atomic mass is 127. The zero-order chi connectivity index (χ0) is 22.9. The van der Waals surface area contributed by atoms with Crippen LogP contribution in [-0.4, -0.2) is 63.6 Å². The summed E-state index contributed by atoms with van der Waals surface area (Å²) in [6, 6.07) is 9.86. The van der Waals surface area contributed by atoms with Crippen LogP contribution in [0, 0.1) is 0 Å². The molecular weight excluding hydrogens is 537 g/mol. The van der Waals surface area contributed by atoms with Gasteiger partial charge in [0.25, 0.3) is 0 Å². The average Bonchev–Trinajstić information content (AvgIpc) is 2.84. The van der Waals surface area contributed by atoms with Gasteiger partial charge in [0, 0.05) is 19.6 Å². The topological polar surface area (TPSA) is 84.8 Å². The van der Waals surface area contributed by atoms with E-state index in [1.807, 2.05) is 18.2 Å². The van der Waals surface area contributed by atoms with E-state index in [0.29, 0.717) is 18.0 Å². The molecule has 1 aliphatic rings. The molecule has 33 heavy (non-hydrogen) atoms. The van der Waals surface area contributed by atoms with Gasteiger partial charge in [0.1, 0.15) is 6.61 Å². The number of nitrogens with one attached hydrogen (secondary N) is 1. The van der Waals surface area contributed by atoms with Crippen LogP contribution < -0.4 is 24.3 Å². The zero-order valence-electron chi connectivity index (χ0n) is 19.7. The second-order valence-electron chi connectivity index (χ2n) is 7.37. The highest BCUT2D eigenvalue weighted by Gasteiger charge is 2.21. The van der Waals surface area contributed by atoms with E-state index in [2.05, 4.69) is 29.3 Å². The minimum atomic E-state index is -0.0428. The molecule has 0 amide bonds. The Morgan fingerprint density at radius 3 is 2.30 bits per heavy atom. The average molecular weight is 571 g/mol. The van der Waals surface area contributed by atoms with Crippen molar-refractivity contribution in [2.75, 3.05) is 47.6 Å². The second kappa shape index (κ2) is 13.3. The van der Waals surface area contributed by atoms with E-state index in [1.54, 1.807) is 21.3 Å². The third-order valence-electron chi connectivity index (χ3n) is 5.34. The predicted molar refractivity (Wildman–Crippen MR) is 139 cm³/mol. The van der Waals surface area contributed by atoms with Crippen LogP contribution in [0.25, 0.3) is 0 Å². The Labute approximate surface area is 212 Å². The molecule has 9 heteroatoms. The van der Waals surface area contributed by atoms with Crippen molar-refractivity contribution in [3.8, 4) is 23.0 Å². The molecule has 2 aromatic rings. The summed E-state index contributed by atoms with van der Waals surface area (Å²) in [6.07, 6.45) is 0.908. The summed E-state index contributed by atoms with van der Waals surface area (Å²) in [6.45, 7) is 5.16. The van der Waals surface area contributed by atoms with Gasteiger partial charge in [-0.1, -0.05) is 6.07 Å². The van der Waals surface area contributed by atoms with Gasteiger partial charge >= 0.3 is 0 Å². The first kappa shape index (κ1) is 26.8. The number of benzene rings is 2. The van der Waals surface area contributed by atoms with Crippen LogP contribution in [0.1, 0.15) is 23.6 Å². The molecule has 2 N–H and O–H groups in total. The number of aliphatic hydroxyl groups excluding tert-OH is 1. The first-order valence-corrected chi connectivity index (χ1v) is 10.8. The molecule has 2 aromatic carbocycles. The van der Waals surface area contributed by atoms with Gasteiger partial charge in [-0.05, 0) is 54.3 Å². The van der Waals surface area contributed by atoms with Crippen LogP contribution in [0.4, 0.5) is 0 Å². The van der Waals surface area contributed by atoms with Crippen molar-refractivity contribution < 1.29 is 24.1 Å². The lowest BCUT2D eigenvalue weighted by atomic mass is 9.99. The van der Waals surface area contributed by atoms with Crippen molar-refractivity contribution in [1.29, 1.82) is 0 Å². The summed E-state index contributed by atoms with van der Waals surface area (Å²) in [5.74, 6) is 3.61. The Morgan fingerprint density at radius 2 is 1.67 bits per heavy atom. The van der Waals surface area contributed by atoms with Crippen LogP contribution in [0.2, 0.25) is 0 Å². The molecule has 0 atom stereocenters. The number of hydrogen-bond acceptors (Lipinski definition) is 6. The summed E-state index contributed by atoms with van der Waals surface area (Å²) in [4.78, 5) is 7.12. The monoisotopic (exact) mass is 571 g/mol. The molecule has 0 radical (unpaired) electrons. The third-order valence-corrected chi connectivity index (χ3v) is 5.34. The van der Waals surface area contributed by atoms with Gasteiger partial charge in [-0.25, -0.2) is 4.99 Å². The zero-order valence-corrected chi connectivity index (χ0v) is 22.0. The number of ether oxygens (including phenoxy) is 4. The van der Waals surface area contributed by atoms with Crippen LogP contribution >= 0.6 is 24.0 Å². The molecular formula is C24H34IN3O5. The summed E-state index contributed by atoms with van der Waals surface area (Å²) >= 11 is 0. The molecule has 1 heterocycles. The maximum Gasteiger partial charge on any atom is 0.194 e. The maximum atomic E-state index is 8.97. The van der Waals surface area contributed by atoms with Crippen molar-refractivity contribution in [3.05, 3.63) is 47.0 Å². The summed E-state index contributed by atoms with van der Waals surface area (Å²) < 4.78 is 21.9. The van der Waals surface area contributed by atoms with Gasteiger partial charge in [0.2, 0.25) is 0 Å². The fourth-order valence-electron chi connectivity index (χ4n) is 3.74. The fraction of sp³-hybridized carbons (Fsp3) is 0.458.